The van der Waals surface area contributed by atoms with Gasteiger partial charge in [0.05, 0.1) is 11.6 Å². The van der Waals surface area contributed by atoms with Crippen molar-refractivity contribution >= 4 is 61.8 Å². The van der Waals surface area contributed by atoms with E-state index in [1.165, 1.54) is 4.68 Å². The Hall–Kier alpha value is -3.62. The minimum Gasteiger partial charge on any atom is -0.341 e. The molecule has 0 spiro atoms. The second-order valence-corrected chi connectivity index (χ2v) is 9.36. The van der Waals surface area contributed by atoms with Crippen LogP contribution in [0.1, 0.15) is 34.6 Å². The Kier molecular flexibility index (Phi) is 7.23. The van der Waals surface area contributed by atoms with Crippen molar-refractivity contribution in [3.8, 4) is 0 Å². The molecule has 0 radical (unpaired) electrons. The largest absolute Gasteiger partial charge is 0.341 e. The van der Waals surface area contributed by atoms with Gasteiger partial charge in [0.25, 0.3) is 5.91 Å². The number of fused-ring (bicyclic) bond motifs is 1. The zero-order valence-corrected chi connectivity index (χ0v) is 21.3. The standard InChI is InChI=1S/C26H22BrClN4O3/c1-15-8-10-20(14-21(15)28)30-24(33)23-13-18-12-19(27)9-11-22(18)32(23)31-26(35)25(34)29-16(2)17-6-4-3-5-7-17/h3-14,16H,1-2H3,(H,29,34)(H,30,33)(H,31,35)/t16-/m1/s1. The molecule has 3 aromatic carbocycles. The summed E-state index contributed by atoms with van der Waals surface area (Å²) < 4.78 is 2.11. The van der Waals surface area contributed by atoms with Gasteiger partial charge in [-0.1, -0.05) is 63.9 Å². The normalized spacial score (nSPS) is 11.7. The van der Waals surface area contributed by atoms with Crippen molar-refractivity contribution in [1.82, 2.24) is 9.99 Å². The highest BCUT2D eigenvalue weighted by molar-refractivity contribution is 9.10. The Labute approximate surface area is 215 Å². The fourth-order valence-corrected chi connectivity index (χ4v) is 4.14. The van der Waals surface area contributed by atoms with E-state index in [0.717, 1.165) is 15.6 Å². The zero-order valence-electron chi connectivity index (χ0n) is 18.9. The van der Waals surface area contributed by atoms with Crippen LogP contribution < -0.4 is 16.1 Å². The van der Waals surface area contributed by atoms with Gasteiger partial charge in [-0.05, 0) is 61.4 Å². The first-order valence-electron chi connectivity index (χ1n) is 10.8. The van der Waals surface area contributed by atoms with Gasteiger partial charge in [0.2, 0.25) is 0 Å². The quantitative estimate of drug-likeness (QED) is 0.282. The van der Waals surface area contributed by atoms with Crippen molar-refractivity contribution in [3.63, 3.8) is 0 Å². The molecule has 0 aliphatic rings. The van der Waals surface area contributed by atoms with E-state index in [2.05, 4.69) is 32.0 Å². The Morgan fingerprint density at radius 3 is 2.40 bits per heavy atom. The maximum atomic E-state index is 13.2. The van der Waals surface area contributed by atoms with Crippen molar-refractivity contribution in [3.05, 3.63) is 99.1 Å². The lowest BCUT2D eigenvalue weighted by molar-refractivity contribution is -0.137. The number of anilines is 1. The van der Waals surface area contributed by atoms with E-state index in [9.17, 15) is 14.4 Å². The molecule has 3 amide bonds. The molecule has 0 aliphatic carbocycles. The number of hydrogen-bond acceptors (Lipinski definition) is 3. The van der Waals surface area contributed by atoms with Gasteiger partial charge in [-0.15, -0.1) is 0 Å². The molecule has 9 heteroatoms. The van der Waals surface area contributed by atoms with E-state index < -0.39 is 17.7 Å². The number of halogens is 2. The predicted molar refractivity (Wildman–Crippen MR) is 141 cm³/mol. The van der Waals surface area contributed by atoms with E-state index in [4.69, 9.17) is 11.6 Å². The van der Waals surface area contributed by atoms with Gasteiger partial charge < -0.3 is 10.6 Å². The van der Waals surface area contributed by atoms with Crippen LogP contribution in [0.25, 0.3) is 10.9 Å². The molecule has 7 nitrogen and oxygen atoms in total. The van der Waals surface area contributed by atoms with Gasteiger partial charge in [0.1, 0.15) is 5.69 Å². The van der Waals surface area contributed by atoms with Gasteiger partial charge in [0.15, 0.2) is 0 Å². The number of aromatic nitrogens is 1. The summed E-state index contributed by atoms with van der Waals surface area (Å²) in [6.07, 6.45) is 0. The van der Waals surface area contributed by atoms with Crippen molar-refractivity contribution in [1.29, 1.82) is 0 Å². The van der Waals surface area contributed by atoms with Crippen LogP contribution in [-0.2, 0) is 9.59 Å². The minimum absolute atomic E-state index is 0.145. The molecule has 0 aliphatic heterocycles. The van der Waals surface area contributed by atoms with Crippen molar-refractivity contribution < 1.29 is 14.4 Å². The molecule has 0 unspecified atom stereocenters. The third-order valence-corrected chi connectivity index (χ3v) is 6.39. The molecular formula is C26H22BrClN4O3. The first-order valence-corrected chi connectivity index (χ1v) is 12.0. The van der Waals surface area contributed by atoms with Gasteiger partial charge in [0, 0.05) is 20.6 Å². The lowest BCUT2D eigenvalue weighted by Gasteiger charge is -2.16. The van der Waals surface area contributed by atoms with Gasteiger partial charge in [-0.2, -0.15) is 0 Å². The van der Waals surface area contributed by atoms with Crippen molar-refractivity contribution in [2.24, 2.45) is 0 Å². The lowest BCUT2D eigenvalue weighted by Crippen LogP contribution is -2.40. The molecule has 1 aromatic heterocycles. The van der Waals surface area contributed by atoms with Crippen LogP contribution in [0.5, 0.6) is 0 Å². The summed E-state index contributed by atoms with van der Waals surface area (Å²) in [5.74, 6) is -2.20. The Balaban J connectivity index is 1.60. The fourth-order valence-electron chi connectivity index (χ4n) is 3.58. The summed E-state index contributed by atoms with van der Waals surface area (Å²) in [6.45, 7) is 3.65. The first kappa shape index (κ1) is 24.5. The van der Waals surface area contributed by atoms with Crippen LogP contribution in [0.2, 0.25) is 5.02 Å². The summed E-state index contributed by atoms with van der Waals surface area (Å²) in [4.78, 5) is 38.6. The molecule has 4 aromatic rings. The molecular weight excluding hydrogens is 532 g/mol. The number of nitrogens with zero attached hydrogens (tertiary/aromatic N) is 1. The summed E-state index contributed by atoms with van der Waals surface area (Å²) in [5.41, 5.74) is 5.51. The number of benzene rings is 3. The average Bonchev–Trinajstić information content (AvgIpc) is 3.19. The van der Waals surface area contributed by atoms with Crippen LogP contribution in [0.15, 0.2) is 77.3 Å². The average molecular weight is 554 g/mol. The third kappa shape index (κ3) is 5.55. The molecule has 0 bridgehead atoms. The van der Waals surface area contributed by atoms with E-state index >= 15 is 0 Å². The molecule has 0 fully saturated rings. The number of carbonyl (C=O) groups excluding carboxylic acids is 3. The predicted octanol–water partition coefficient (Wildman–Crippen LogP) is 5.57. The van der Waals surface area contributed by atoms with Crippen LogP contribution in [0.3, 0.4) is 0 Å². The van der Waals surface area contributed by atoms with Crippen LogP contribution in [-0.4, -0.2) is 22.4 Å². The monoisotopic (exact) mass is 552 g/mol. The summed E-state index contributed by atoms with van der Waals surface area (Å²) in [6, 6.07) is 21.1. The van der Waals surface area contributed by atoms with Gasteiger partial charge in [-0.25, -0.2) is 4.68 Å². The van der Waals surface area contributed by atoms with E-state index in [0.29, 0.717) is 21.6 Å². The van der Waals surface area contributed by atoms with E-state index in [-0.39, 0.29) is 11.7 Å². The summed E-state index contributed by atoms with van der Waals surface area (Å²) in [7, 11) is 0. The van der Waals surface area contributed by atoms with Crippen LogP contribution in [0, 0.1) is 6.92 Å². The SMILES string of the molecule is Cc1ccc(NC(=O)c2cc3cc(Br)ccc3n2NC(=O)C(=O)N[C@H](C)c2ccccc2)cc1Cl. The molecule has 1 atom stereocenters. The zero-order chi connectivity index (χ0) is 25.1. The lowest BCUT2D eigenvalue weighted by atomic mass is 10.1. The van der Waals surface area contributed by atoms with Crippen molar-refractivity contribution in [2.45, 2.75) is 19.9 Å². The highest BCUT2D eigenvalue weighted by atomic mass is 79.9. The van der Waals surface area contributed by atoms with Crippen LogP contribution in [0.4, 0.5) is 5.69 Å². The Morgan fingerprint density at radius 1 is 0.943 bits per heavy atom. The van der Waals surface area contributed by atoms with Crippen molar-refractivity contribution in [2.75, 3.05) is 10.7 Å². The van der Waals surface area contributed by atoms with E-state index in [1.54, 1.807) is 43.3 Å². The topological polar surface area (TPSA) is 92.2 Å². The Morgan fingerprint density at radius 2 is 1.69 bits per heavy atom. The second-order valence-electron chi connectivity index (χ2n) is 8.03. The number of rotatable bonds is 5. The number of hydrogen-bond donors (Lipinski definition) is 3. The van der Waals surface area contributed by atoms with E-state index in [1.807, 2.05) is 43.3 Å². The smallest absolute Gasteiger partial charge is 0.328 e. The molecule has 4 rings (SSSR count). The molecule has 3 N–H and O–H groups in total. The second kappa shape index (κ2) is 10.3. The maximum absolute atomic E-state index is 13.2. The maximum Gasteiger partial charge on any atom is 0.328 e. The highest BCUT2D eigenvalue weighted by Gasteiger charge is 2.22. The first-order chi connectivity index (χ1) is 16.7. The highest BCUT2D eigenvalue weighted by Crippen LogP contribution is 2.25. The number of carbonyl (C=O) groups is 3. The van der Waals surface area contributed by atoms with Gasteiger partial charge in [-0.3, -0.25) is 19.8 Å². The molecule has 35 heavy (non-hydrogen) atoms. The Bertz CT molecular complexity index is 1440. The number of nitrogens with one attached hydrogen (secondary N) is 3. The third-order valence-electron chi connectivity index (χ3n) is 5.49. The molecule has 0 saturated heterocycles. The molecule has 0 saturated carbocycles. The number of aryl methyl sites for hydroxylation is 1. The molecule has 178 valence electrons. The van der Waals surface area contributed by atoms with Crippen LogP contribution >= 0.6 is 27.5 Å². The minimum atomic E-state index is -0.902. The summed E-state index contributed by atoms with van der Waals surface area (Å²) >= 11 is 9.60. The molecule has 1 heterocycles. The summed E-state index contributed by atoms with van der Waals surface area (Å²) in [5, 5.41) is 6.69. The fraction of sp³-hybridized carbons (Fsp3) is 0.115. The van der Waals surface area contributed by atoms with Gasteiger partial charge >= 0.3 is 11.8 Å². The number of amides is 3.